The van der Waals surface area contributed by atoms with Crippen LogP contribution in [-0.2, 0) is 11.2 Å². The van der Waals surface area contributed by atoms with Crippen LogP contribution in [-0.4, -0.2) is 50.8 Å². The smallest absolute Gasteiger partial charge is 0.123 e. The van der Waals surface area contributed by atoms with Crippen molar-refractivity contribution in [3.8, 4) is 0 Å². The molecule has 0 saturated carbocycles. The third-order valence-corrected chi connectivity index (χ3v) is 3.44. The number of nitrogens with zero attached hydrogens (tertiary/aromatic N) is 1. The normalized spacial score (nSPS) is 16.7. The molecular formula is C15H23FN2O. The van der Waals surface area contributed by atoms with E-state index in [-0.39, 0.29) is 5.82 Å². The molecule has 1 saturated heterocycles. The predicted octanol–water partition coefficient (Wildman–Crippen LogP) is 1.68. The highest BCUT2D eigenvalue weighted by molar-refractivity contribution is 5.16. The maximum absolute atomic E-state index is 12.7. The fourth-order valence-corrected chi connectivity index (χ4v) is 2.26. The van der Waals surface area contributed by atoms with Crippen LogP contribution in [0.2, 0.25) is 0 Å². The minimum absolute atomic E-state index is 0.165. The van der Waals surface area contributed by atoms with Crippen LogP contribution in [0.4, 0.5) is 4.39 Å². The number of benzene rings is 1. The van der Waals surface area contributed by atoms with E-state index in [1.165, 1.54) is 24.1 Å². The monoisotopic (exact) mass is 266 g/mol. The molecule has 19 heavy (non-hydrogen) atoms. The number of morpholine rings is 1. The van der Waals surface area contributed by atoms with Crippen LogP contribution in [0.1, 0.15) is 12.0 Å². The summed E-state index contributed by atoms with van der Waals surface area (Å²) in [6.07, 6.45) is 2.13. The van der Waals surface area contributed by atoms with Crippen molar-refractivity contribution in [3.05, 3.63) is 35.6 Å². The molecule has 0 aromatic heterocycles. The molecule has 106 valence electrons. The Morgan fingerprint density at radius 3 is 2.58 bits per heavy atom. The van der Waals surface area contributed by atoms with E-state index in [0.29, 0.717) is 0 Å². The van der Waals surface area contributed by atoms with Crippen LogP contribution in [0.5, 0.6) is 0 Å². The lowest BCUT2D eigenvalue weighted by molar-refractivity contribution is 0.0375. The van der Waals surface area contributed by atoms with Gasteiger partial charge in [0.25, 0.3) is 0 Å². The largest absolute Gasteiger partial charge is 0.379 e. The molecule has 0 aliphatic carbocycles. The average Bonchev–Trinajstić information content (AvgIpc) is 2.46. The molecule has 1 N–H and O–H groups in total. The summed E-state index contributed by atoms with van der Waals surface area (Å²) in [6.45, 7) is 7.02. The lowest BCUT2D eigenvalue weighted by Crippen LogP contribution is -2.37. The first kappa shape index (κ1) is 14.4. The molecule has 0 atom stereocenters. The Balaban J connectivity index is 1.49. The number of nitrogens with one attached hydrogen (secondary N) is 1. The van der Waals surface area contributed by atoms with Gasteiger partial charge in [-0.2, -0.15) is 0 Å². The van der Waals surface area contributed by atoms with E-state index in [9.17, 15) is 4.39 Å². The van der Waals surface area contributed by atoms with Crippen LogP contribution in [0.25, 0.3) is 0 Å². The summed E-state index contributed by atoms with van der Waals surface area (Å²) in [4.78, 5) is 2.45. The summed E-state index contributed by atoms with van der Waals surface area (Å²) >= 11 is 0. The second kappa shape index (κ2) is 8.25. The Morgan fingerprint density at radius 2 is 1.84 bits per heavy atom. The molecule has 1 aromatic carbocycles. The Hall–Kier alpha value is -0.970. The first-order valence-electron chi connectivity index (χ1n) is 7.10. The summed E-state index contributed by atoms with van der Waals surface area (Å²) < 4.78 is 18.0. The molecule has 0 spiro atoms. The van der Waals surface area contributed by atoms with Gasteiger partial charge >= 0.3 is 0 Å². The lowest BCUT2D eigenvalue weighted by atomic mass is 10.1. The molecule has 4 heteroatoms. The van der Waals surface area contributed by atoms with Crippen LogP contribution in [0.15, 0.2) is 24.3 Å². The summed E-state index contributed by atoms with van der Waals surface area (Å²) in [5, 5.41) is 3.44. The molecular weight excluding hydrogens is 243 g/mol. The Bertz CT molecular complexity index is 350. The van der Waals surface area contributed by atoms with Crippen molar-refractivity contribution in [1.82, 2.24) is 10.2 Å². The molecule has 1 aliphatic rings. The van der Waals surface area contributed by atoms with Gasteiger partial charge in [-0.15, -0.1) is 0 Å². The van der Waals surface area contributed by atoms with E-state index in [0.717, 1.165) is 52.4 Å². The second-order valence-corrected chi connectivity index (χ2v) is 4.93. The van der Waals surface area contributed by atoms with Crippen LogP contribution < -0.4 is 5.32 Å². The minimum atomic E-state index is -0.165. The third-order valence-electron chi connectivity index (χ3n) is 3.44. The van der Waals surface area contributed by atoms with Gasteiger partial charge in [0, 0.05) is 13.1 Å². The summed E-state index contributed by atoms with van der Waals surface area (Å²) in [5.41, 5.74) is 1.18. The highest BCUT2D eigenvalue weighted by atomic mass is 19.1. The quantitative estimate of drug-likeness (QED) is 0.760. The molecule has 1 heterocycles. The number of hydrogen-bond acceptors (Lipinski definition) is 3. The van der Waals surface area contributed by atoms with Crippen LogP contribution in [0, 0.1) is 5.82 Å². The maximum atomic E-state index is 12.7. The molecule has 0 radical (unpaired) electrons. The Labute approximate surface area is 114 Å². The molecule has 0 amide bonds. The molecule has 1 aliphatic heterocycles. The third kappa shape index (κ3) is 5.68. The zero-order chi connectivity index (χ0) is 13.3. The summed E-state index contributed by atoms with van der Waals surface area (Å²) in [6, 6.07) is 6.75. The zero-order valence-corrected chi connectivity index (χ0v) is 11.4. The summed E-state index contributed by atoms with van der Waals surface area (Å²) in [7, 11) is 0. The molecule has 0 unspecified atom stereocenters. The van der Waals surface area contributed by atoms with Gasteiger partial charge in [-0.25, -0.2) is 4.39 Å². The van der Waals surface area contributed by atoms with Gasteiger partial charge in [0.1, 0.15) is 5.82 Å². The van der Waals surface area contributed by atoms with Crippen molar-refractivity contribution in [1.29, 1.82) is 0 Å². The number of rotatable bonds is 7. The first-order chi connectivity index (χ1) is 9.34. The van der Waals surface area contributed by atoms with Gasteiger partial charge in [0.15, 0.2) is 0 Å². The van der Waals surface area contributed by atoms with Crippen molar-refractivity contribution < 1.29 is 9.13 Å². The minimum Gasteiger partial charge on any atom is -0.379 e. The van der Waals surface area contributed by atoms with Crippen molar-refractivity contribution in [3.63, 3.8) is 0 Å². The average molecular weight is 266 g/mol. The number of hydrogen-bond donors (Lipinski definition) is 1. The number of halogens is 1. The van der Waals surface area contributed by atoms with E-state index >= 15 is 0 Å². The van der Waals surface area contributed by atoms with E-state index in [1.807, 2.05) is 12.1 Å². The maximum Gasteiger partial charge on any atom is 0.123 e. The molecule has 2 rings (SSSR count). The molecule has 1 fully saturated rings. The SMILES string of the molecule is Fc1ccc(CCNCCCN2CCOCC2)cc1. The predicted molar refractivity (Wildman–Crippen MR) is 74.8 cm³/mol. The fraction of sp³-hybridized carbons (Fsp3) is 0.600. The highest BCUT2D eigenvalue weighted by Crippen LogP contribution is 2.02. The van der Waals surface area contributed by atoms with Gasteiger partial charge < -0.3 is 10.1 Å². The van der Waals surface area contributed by atoms with Gasteiger partial charge in [0.2, 0.25) is 0 Å². The van der Waals surface area contributed by atoms with Crippen LogP contribution >= 0.6 is 0 Å². The van der Waals surface area contributed by atoms with Crippen LogP contribution in [0.3, 0.4) is 0 Å². The second-order valence-electron chi connectivity index (χ2n) is 4.93. The van der Waals surface area contributed by atoms with Crippen molar-refractivity contribution in [2.45, 2.75) is 12.8 Å². The van der Waals surface area contributed by atoms with E-state index in [1.54, 1.807) is 0 Å². The topological polar surface area (TPSA) is 24.5 Å². The van der Waals surface area contributed by atoms with E-state index < -0.39 is 0 Å². The fourth-order valence-electron chi connectivity index (χ4n) is 2.26. The molecule has 1 aromatic rings. The lowest BCUT2D eigenvalue weighted by Gasteiger charge is -2.26. The van der Waals surface area contributed by atoms with E-state index in [2.05, 4.69) is 10.2 Å². The van der Waals surface area contributed by atoms with E-state index in [4.69, 9.17) is 4.74 Å². The van der Waals surface area contributed by atoms with Crippen molar-refractivity contribution >= 4 is 0 Å². The Kier molecular flexibility index (Phi) is 6.27. The Morgan fingerprint density at radius 1 is 1.11 bits per heavy atom. The standard InChI is InChI=1S/C15H23FN2O/c16-15-4-2-14(3-5-15)6-8-17-7-1-9-18-10-12-19-13-11-18/h2-5,17H,1,6-13H2. The first-order valence-corrected chi connectivity index (χ1v) is 7.10. The van der Waals surface area contributed by atoms with Gasteiger partial charge in [0.05, 0.1) is 13.2 Å². The van der Waals surface area contributed by atoms with Gasteiger partial charge in [-0.05, 0) is 50.2 Å². The molecule has 3 nitrogen and oxygen atoms in total. The molecule has 0 bridgehead atoms. The highest BCUT2D eigenvalue weighted by Gasteiger charge is 2.08. The van der Waals surface area contributed by atoms with Gasteiger partial charge in [-0.3, -0.25) is 4.90 Å². The zero-order valence-electron chi connectivity index (χ0n) is 11.4. The summed E-state index contributed by atoms with van der Waals surface area (Å²) in [5.74, 6) is -0.165. The van der Waals surface area contributed by atoms with Crippen molar-refractivity contribution in [2.75, 3.05) is 45.9 Å². The number of ether oxygens (including phenoxy) is 1. The van der Waals surface area contributed by atoms with Crippen molar-refractivity contribution in [2.24, 2.45) is 0 Å². The van der Waals surface area contributed by atoms with Gasteiger partial charge in [-0.1, -0.05) is 12.1 Å².